The molecule has 1 N–H and O–H groups in total. The molecule has 2 aliphatic carbocycles. The monoisotopic (exact) mass is 237 g/mol. The molecule has 0 heterocycles. The lowest BCUT2D eigenvalue weighted by molar-refractivity contribution is 0.105. The Labute approximate surface area is 108 Å². The Morgan fingerprint density at radius 2 is 1.82 bits per heavy atom. The lowest BCUT2D eigenvalue weighted by Crippen LogP contribution is -2.41. The molecule has 0 bridgehead atoms. The fourth-order valence-electron chi connectivity index (χ4n) is 3.63. The minimum absolute atomic E-state index is 0.706. The molecule has 0 aromatic heterocycles. The Hall–Kier alpha value is -0.0400. The van der Waals surface area contributed by atoms with Crippen molar-refractivity contribution in [2.45, 2.75) is 71.6 Å². The van der Waals surface area contributed by atoms with Crippen molar-refractivity contribution in [1.29, 1.82) is 0 Å². The predicted octanol–water partition coefficient (Wildman–Crippen LogP) is 4.37. The molecule has 2 rings (SSSR count). The van der Waals surface area contributed by atoms with Crippen LogP contribution in [0, 0.1) is 17.3 Å². The van der Waals surface area contributed by atoms with Crippen LogP contribution in [0.1, 0.15) is 71.6 Å². The molecule has 0 saturated heterocycles. The largest absolute Gasteiger partial charge is 0.316 e. The highest BCUT2D eigenvalue weighted by Gasteiger charge is 2.36. The van der Waals surface area contributed by atoms with Crippen LogP contribution in [0.5, 0.6) is 0 Å². The minimum Gasteiger partial charge on any atom is -0.316 e. The molecule has 0 unspecified atom stereocenters. The third-order valence-electron chi connectivity index (χ3n) is 5.02. The Bertz CT molecular complexity index is 212. The van der Waals surface area contributed by atoms with Crippen LogP contribution in [-0.2, 0) is 0 Å². The fourth-order valence-corrected chi connectivity index (χ4v) is 3.63. The number of hydrogen-bond acceptors (Lipinski definition) is 1. The lowest BCUT2D eigenvalue weighted by Gasteiger charge is -2.43. The van der Waals surface area contributed by atoms with Gasteiger partial charge in [-0.15, -0.1) is 0 Å². The van der Waals surface area contributed by atoms with Gasteiger partial charge in [-0.05, 0) is 49.5 Å². The maximum atomic E-state index is 3.70. The first kappa shape index (κ1) is 13.4. The lowest BCUT2D eigenvalue weighted by atomic mass is 9.65. The van der Waals surface area contributed by atoms with E-state index in [0.29, 0.717) is 5.41 Å². The van der Waals surface area contributed by atoms with E-state index in [1.807, 2.05) is 0 Å². The van der Waals surface area contributed by atoms with Gasteiger partial charge in [-0.3, -0.25) is 0 Å². The first-order valence-corrected chi connectivity index (χ1v) is 7.91. The van der Waals surface area contributed by atoms with Gasteiger partial charge in [0.25, 0.3) is 0 Å². The van der Waals surface area contributed by atoms with E-state index in [2.05, 4.69) is 19.2 Å². The average Bonchev–Trinajstić information content (AvgIpc) is 2.73. The van der Waals surface area contributed by atoms with Crippen LogP contribution in [0.2, 0.25) is 0 Å². The van der Waals surface area contributed by atoms with E-state index in [4.69, 9.17) is 0 Å². The van der Waals surface area contributed by atoms with Gasteiger partial charge < -0.3 is 5.32 Å². The van der Waals surface area contributed by atoms with Crippen molar-refractivity contribution in [3.63, 3.8) is 0 Å². The van der Waals surface area contributed by atoms with Gasteiger partial charge in [-0.25, -0.2) is 0 Å². The number of hydrogen-bond donors (Lipinski definition) is 1. The molecule has 0 aromatic rings. The zero-order valence-electron chi connectivity index (χ0n) is 11.9. The van der Waals surface area contributed by atoms with Crippen LogP contribution in [-0.4, -0.2) is 13.1 Å². The van der Waals surface area contributed by atoms with E-state index in [1.165, 1.54) is 70.9 Å². The van der Waals surface area contributed by atoms with Gasteiger partial charge >= 0.3 is 0 Å². The molecule has 0 spiro atoms. The second-order valence-electron chi connectivity index (χ2n) is 7.07. The summed E-state index contributed by atoms with van der Waals surface area (Å²) in [5, 5.41) is 3.70. The molecule has 0 amide bonds. The van der Waals surface area contributed by atoms with Crippen LogP contribution < -0.4 is 5.32 Å². The van der Waals surface area contributed by atoms with Gasteiger partial charge in [0.1, 0.15) is 0 Å². The van der Waals surface area contributed by atoms with E-state index in [9.17, 15) is 0 Å². The predicted molar refractivity (Wildman–Crippen MR) is 75.2 cm³/mol. The summed E-state index contributed by atoms with van der Waals surface area (Å²) in [7, 11) is 0. The highest BCUT2D eigenvalue weighted by atomic mass is 14.9. The Morgan fingerprint density at radius 3 is 2.35 bits per heavy atom. The second-order valence-corrected chi connectivity index (χ2v) is 7.07. The molecule has 2 saturated carbocycles. The quantitative estimate of drug-likeness (QED) is 0.693. The summed E-state index contributed by atoms with van der Waals surface area (Å²) in [6.45, 7) is 7.10. The first-order valence-electron chi connectivity index (χ1n) is 7.91. The van der Waals surface area contributed by atoms with Crippen molar-refractivity contribution in [2.75, 3.05) is 13.1 Å². The summed E-state index contributed by atoms with van der Waals surface area (Å²) in [6.07, 6.45) is 13.5. The van der Waals surface area contributed by atoms with Gasteiger partial charge in [0.05, 0.1) is 0 Å². The van der Waals surface area contributed by atoms with Crippen LogP contribution in [0.4, 0.5) is 0 Å². The molecule has 2 fully saturated rings. The maximum absolute atomic E-state index is 3.70. The van der Waals surface area contributed by atoms with Gasteiger partial charge in [-0.2, -0.15) is 0 Å². The Morgan fingerprint density at radius 1 is 1.12 bits per heavy atom. The van der Waals surface area contributed by atoms with Gasteiger partial charge in [-0.1, -0.05) is 46.0 Å². The smallest absolute Gasteiger partial charge is 0.000792 e. The number of rotatable bonds is 7. The molecule has 0 radical (unpaired) electrons. The molecule has 1 heteroatoms. The van der Waals surface area contributed by atoms with Crippen LogP contribution >= 0.6 is 0 Å². The van der Waals surface area contributed by atoms with E-state index < -0.39 is 0 Å². The van der Waals surface area contributed by atoms with Crippen molar-refractivity contribution in [1.82, 2.24) is 5.32 Å². The molecule has 2 aliphatic rings. The summed E-state index contributed by atoms with van der Waals surface area (Å²) >= 11 is 0. The molecule has 17 heavy (non-hydrogen) atoms. The molecule has 1 nitrogen and oxygen atoms in total. The van der Waals surface area contributed by atoms with Crippen molar-refractivity contribution < 1.29 is 0 Å². The van der Waals surface area contributed by atoms with Crippen molar-refractivity contribution >= 4 is 0 Å². The average molecular weight is 237 g/mol. The zero-order chi connectivity index (χ0) is 12.1. The second kappa shape index (κ2) is 6.22. The summed E-state index contributed by atoms with van der Waals surface area (Å²) < 4.78 is 0. The zero-order valence-corrected chi connectivity index (χ0v) is 11.9. The third kappa shape index (κ3) is 3.98. The SMILES string of the molecule is CC(C)CNCC1(CCC2CCCC2)CCC1. The third-order valence-corrected chi connectivity index (χ3v) is 5.02. The van der Waals surface area contributed by atoms with Crippen LogP contribution in [0.25, 0.3) is 0 Å². The molecular weight excluding hydrogens is 206 g/mol. The number of nitrogens with one attached hydrogen (secondary N) is 1. The summed E-state index contributed by atoms with van der Waals surface area (Å²) in [4.78, 5) is 0. The highest BCUT2D eigenvalue weighted by molar-refractivity contribution is 4.90. The molecule has 0 atom stereocenters. The van der Waals surface area contributed by atoms with Crippen molar-refractivity contribution in [3.8, 4) is 0 Å². The van der Waals surface area contributed by atoms with Crippen molar-refractivity contribution in [3.05, 3.63) is 0 Å². The van der Waals surface area contributed by atoms with Crippen molar-refractivity contribution in [2.24, 2.45) is 17.3 Å². The topological polar surface area (TPSA) is 12.0 Å². The molecule has 0 aromatic carbocycles. The summed E-state index contributed by atoms with van der Waals surface area (Å²) in [5.74, 6) is 1.87. The van der Waals surface area contributed by atoms with Gasteiger partial charge in [0.2, 0.25) is 0 Å². The van der Waals surface area contributed by atoms with E-state index in [0.717, 1.165) is 11.8 Å². The first-order chi connectivity index (χ1) is 8.20. The Balaban J connectivity index is 1.66. The molecule has 100 valence electrons. The molecular formula is C16H31N. The van der Waals surface area contributed by atoms with E-state index in [-0.39, 0.29) is 0 Å². The summed E-state index contributed by atoms with van der Waals surface area (Å²) in [6, 6.07) is 0. The van der Waals surface area contributed by atoms with E-state index >= 15 is 0 Å². The van der Waals surface area contributed by atoms with Crippen LogP contribution in [0.15, 0.2) is 0 Å². The maximum Gasteiger partial charge on any atom is 0.000792 e. The molecule has 0 aliphatic heterocycles. The Kier molecular flexibility index (Phi) is 4.90. The minimum atomic E-state index is 0.706. The fraction of sp³-hybridized carbons (Fsp3) is 1.00. The highest BCUT2D eigenvalue weighted by Crippen LogP contribution is 2.46. The normalized spacial score (nSPS) is 24.2. The van der Waals surface area contributed by atoms with E-state index in [1.54, 1.807) is 0 Å². The van der Waals surface area contributed by atoms with Gasteiger partial charge in [0, 0.05) is 6.54 Å². The summed E-state index contributed by atoms with van der Waals surface area (Å²) in [5.41, 5.74) is 0.706. The van der Waals surface area contributed by atoms with Crippen LogP contribution in [0.3, 0.4) is 0 Å². The standard InChI is InChI=1S/C16H31N/c1-14(2)12-17-13-16(9-5-10-16)11-8-15-6-3-4-7-15/h14-15,17H,3-13H2,1-2H3. The van der Waals surface area contributed by atoms with Gasteiger partial charge in [0.15, 0.2) is 0 Å².